The molecule has 0 saturated carbocycles. The molecule has 0 unspecified atom stereocenters. The first-order valence-electron chi connectivity index (χ1n) is 4.31. The lowest BCUT2D eigenvalue weighted by Gasteiger charge is -2.08. The number of aliphatic hydroxyl groups is 1. The van der Waals surface area contributed by atoms with Gasteiger partial charge in [-0.15, -0.1) is 0 Å². The maximum absolute atomic E-state index is 10.3. The predicted octanol–water partition coefficient (Wildman–Crippen LogP) is 0.886. The first-order chi connectivity index (χ1) is 7.13. The highest BCUT2D eigenvalue weighted by Gasteiger charge is 2.04. The largest absolute Gasteiger partial charge is 0.506 e. The third-order valence-corrected chi connectivity index (χ3v) is 1.68. The number of carbonyl (C=O) groups is 1. The molecule has 0 radical (unpaired) electrons. The van der Waals surface area contributed by atoms with Gasteiger partial charge in [0.1, 0.15) is 5.75 Å². The monoisotopic (exact) mass is 212 g/mol. The van der Waals surface area contributed by atoms with E-state index in [4.69, 9.17) is 10.2 Å². The summed E-state index contributed by atoms with van der Waals surface area (Å²) in [7, 11) is 0. The zero-order valence-corrected chi connectivity index (χ0v) is 7.90. The van der Waals surface area contributed by atoms with Crippen molar-refractivity contribution in [3.63, 3.8) is 0 Å². The van der Waals surface area contributed by atoms with Gasteiger partial charge in [-0.1, -0.05) is 0 Å². The van der Waals surface area contributed by atoms with Gasteiger partial charge in [-0.25, -0.2) is 4.79 Å². The van der Waals surface area contributed by atoms with Gasteiger partial charge in [0.05, 0.1) is 12.3 Å². The molecule has 0 heterocycles. The van der Waals surface area contributed by atoms with Crippen LogP contribution in [0.3, 0.4) is 0 Å². The van der Waals surface area contributed by atoms with Crippen LogP contribution in [0.1, 0.15) is 0 Å². The zero-order chi connectivity index (χ0) is 11.3. The summed E-state index contributed by atoms with van der Waals surface area (Å²) in [5.41, 5.74) is 0.731. The summed E-state index contributed by atoms with van der Waals surface area (Å²) < 4.78 is 0. The van der Waals surface area contributed by atoms with E-state index in [1.165, 1.54) is 12.1 Å². The van der Waals surface area contributed by atoms with E-state index in [0.717, 1.165) is 0 Å². The van der Waals surface area contributed by atoms with Crippen LogP contribution in [0, 0.1) is 0 Å². The van der Waals surface area contributed by atoms with Crippen molar-refractivity contribution in [3.8, 4) is 5.75 Å². The van der Waals surface area contributed by atoms with Crippen molar-refractivity contribution in [2.24, 2.45) is 0 Å². The van der Waals surface area contributed by atoms with Crippen LogP contribution in [0.4, 0.5) is 16.2 Å². The molecule has 0 atom stereocenters. The van der Waals surface area contributed by atoms with Gasteiger partial charge in [0.2, 0.25) is 0 Å². The van der Waals surface area contributed by atoms with Crippen LogP contribution in [0.5, 0.6) is 5.75 Å². The van der Waals surface area contributed by atoms with Gasteiger partial charge < -0.3 is 20.6 Å². The Morgan fingerprint density at radius 1 is 1.40 bits per heavy atom. The van der Waals surface area contributed by atoms with Gasteiger partial charge in [-0.3, -0.25) is 5.32 Å². The van der Waals surface area contributed by atoms with E-state index in [1.807, 2.05) is 5.32 Å². The fraction of sp³-hybridized carbons (Fsp3) is 0.222. The SMILES string of the molecule is O=C(O)Nc1ccc(NCCO)cc1O. The number of nitrogens with one attached hydrogen (secondary N) is 2. The highest BCUT2D eigenvalue weighted by Crippen LogP contribution is 2.26. The van der Waals surface area contributed by atoms with Gasteiger partial charge in [-0.05, 0) is 12.1 Å². The van der Waals surface area contributed by atoms with Gasteiger partial charge in [0, 0.05) is 18.3 Å². The van der Waals surface area contributed by atoms with Gasteiger partial charge in [0.15, 0.2) is 0 Å². The third-order valence-electron chi connectivity index (χ3n) is 1.68. The maximum Gasteiger partial charge on any atom is 0.409 e. The molecule has 0 aromatic heterocycles. The molecular weight excluding hydrogens is 200 g/mol. The number of amides is 1. The van der Waals surface area contributed by atoms with Crippen molar-refractivity contribution in [2.45, 2.75) is 0 Å². The molecule has 0 saturated heterocycles. The smallest absolute Gasteiger partial charge is 0.409 e. The molecule has 0 fully saturated rings. The number of hydrogen-bond acceptors (Lipinski definition) is 4. The fourth-order valence-electron chi connectivity index (χ4n) is 1.06. The lowest BCUT2D eigenvalue weighted by Crippen LogP contribution is -2.08. The number of hydrogen-bond donors (Lipinski definition) is 5. The van der Waals surface area contributed by atoms with Crippen molar-refractivity contribution < 1.29 is 20.1 Å². The third kappa shape index (κ3) is 3.35. The molecule has 15 heavy (non-hydrogen) atoms. The van der Waals surface area contributed by atoms with Crippen molar-refractivity contribution in [2.75, 3.05) is 23.8 Å². The van der Waals surface area contributed by atoms with Crippen LogP contribution in [0.25, 0.3) is 0 Å². The quantitative estimate of drug-likeness (QED) is 0.477. The summed E-state index contributed by atoms with van der Waals surface area (Å²) in [5.74, 6) is -0.166. The normalized spacial score (nSPS) is 9.67. The second-order valence-electron chi connectivity index (χ2n) is 2.81. The van der Waals surface area contributed by atoms with Crippen molar-refractivity contribution >= 4 is 17.5 Å². The van der Waals surface area contributed by atoms with Gasteiger partial charge >= 0.3 is 6.09 Å². The predicted molar refractivity (Wildman–Crippen MR) is 55.3 cm³/mol. The lowest BCUT2D eigenvalue weighted by molar-refractivity contribution is 0.209. The first kappa shape index (κ1) is 11.1. The van der Waals surface area contributed by atoms with E-state index in [1.54, 1.807) is 6.07 Å². The van der Waals surface area contributed by atoms with Gasteiger partial charge in [-0.2, -0.15) is 0 Å². The van der Waals surface area contributed by atoms with Crippen LogP contribution >= 0.6 is 0 Å². The summed E-state index contributed by atoms with van der Waals surface area (Å²) in [5, 5.41) is 31.3. The molecule has 0 bridgehead atoms. The van der Waals surface area contributed by atoms with E-state index in [0.29, 0.717) is 12.2 Å². The highest BCUT2D eigenvalue weighted by atomic mass is 16.4. The number of aromatic hydroxyl groups is 1. The molecule has 1 rings (SSSR count). The van der Waals surface area contributed by atoms with Crippen molar-refractivity contribution in [1.82, 2.24) is 0 Å². The molecule has 0 aliphatic rings. The summed E-state index contributed by atoms with van der Waals surface area (Å²) >= 11 is 0. The molecule has 82 valence electrons. The topological polar surface area (TPSA) is 102 Å². The molecule has 0 aliphatic carbocycles. The Kier molecular flexibility index (Phi) is 3.75. The van der Waals surface area contributed by atoms with Crippen LogP contribution in [-0.2, 0) is 0 Å². The minimum Gasteiger partial charge on any atom is -0.506 e. The van der Waals surface area contributed by atoms with E-state index in [2.05, 4.69) is 5.32 Å². The molecule has 5 N–H and O–H groups in total. The number of anilines is 2. The Labute approximate surface area is 86.2 Å². The van der Waals surface area contributed by atoms with E-state index in [-0.39, 0.29) is 18.0 Å². The van der Waals surface area contributed by atoms with E-state index >= 15 is 0 Å². The molecule has 1 aromatic rings. The summed E-state index contributed by atoms with van der Waals surface area (Å²) in [6.45, 7) is 0.348. The Morgan fingerprint density at radius 3 is 2.67 bits per heavy atom. The summed E-state index contributed by atoms with van der Waals surface area (Å²) in [6, 6.07) is 4.41. The second kappa shape index (κ2) is 5.06. The first-order valence-corrected chi connectivity index (χ1v) is 4.31. The average Bonchev–Trinajstić information content (AvgIpc) is 2.18. The van der Waals surface area contributed by atoms with Crippen LogP contribution in [0.2, 0.25) is 0 Å². The maximum atomic E-state index is 10.3. The molecule has 0 aliphatic heterocycles. The Morgan fingerprint density at radius 2 is 2.13 bits per heavy atom. The average molecular weight is 212 g/mol. The zero-order valence-electron chi connectivity index (χ0n) is 7.90. The van der Waals surface area contributed by atoms with Crippen LogP contribution in [-0.4, -0.2) is 34.6 Å². The number of phenolic OH excluding ortho intramolecular Hbond substituents is 1. The highest BCUT2D eigenvalue weighted by molar-refractivity contribution is 5.85. The second-order valence-corrected chi connectivity index (χ2v) is 2.81. The van der Waals surface area contributed by atoms with E-state index in [9.17, 15) is 9.90 Å². The fourth-order valence-corrected chi connectivity index (χ4v) is 1.06. The van der Waals surface area contributed by atoms with Crippen LogP contribution in [0.15, 0.2) is 18.2 Å². The van der Waals surface area contributed by atoms with Crippen LogP contribution < -0.4 is 10.6 Å². The molecule has 6 heteroatoms. The molecular formula is C9H12N2O4. The molecule has 1 amide bonds. The number of phenols is 1. The summed E-state index contributed by atoms with van der Waals surface area (Å²) in [4.78, 5) is 10.3. The minimum absolute atomic E-state index is 0.0180. The number of carboxylic acid groups (broad SMARTS) is 1. The Balaban J connectivity index is 2.74. The lowest BCUT2D eigenvalue weighted by atomic mass is 10.2. The van der Waals surface area contributed by atoms with E-state index < -0.39 is 6.09 Å². The van der Waals surface area contributed by atoms with Crippen molar-refractivity contribution in [3.05, 3.63) is 18.2 Å². The Bertz CT molecular complexity index is 354. The summed E-state index contributed by atoms with van der Waals surface area (Å²) in [6.07, 6.45) is -1.23. The van der Waals surface area contributed by atoms with Crippen molar-refractivity contribution in [1.29, 1.82) is 0 Å². The minimum atomic E-state index is -1.23. The molecule has 0 spiro atoms. The number of aliphatic hydroxyl groups excluding tert-OH is 1. The molecule has 6 nitrogen and oxygen atoms in total. The Hall–Kier alpha value is -1.95. The molecule has 1 aromatic carbocycles. The number of benzene rings is 1. The standard InChI is InChI=1S/C9H12N2O4/c12-4-3-10-6-1-2-7(8(13)5-6)11-9(14)15/h1-2,5,10-13H,3-4H2,(H,14,15). The van der Waals surface area contributed by atoms with Gasteiger partial charge in [0.25, 0.3) is 0 Å². The number of rotatable bonds is 4.